The Labute approximate surface area is 140 Å². The fourth-order valence-corrected chi connectivity index (χ4v) is 6.05. The molecule has 4 rings (SSSR count). The van der Waals surface area contributed by atoms with E-state index in [4.69, 9.17) is 0 Å². The zero-order chi connectivity index (χ0) is 16.2. The number of amides is 1. The van der Waals surface area contributed by atoms with Crippen molar-refractivity contribution in [2.45, 2.75) is 56.2 Å². The van der Waals surface area contributed by atoms with Crippen LogP contribution >= 0.6 is 0 Å². The molecule has 1 aliphatic heterocycles. The van der Waals surface area contributed by atoms with E-state index in [2.05, 4.69) is 31.2 Å². The molecule has 2 aliphatic carbocycles. The summed E-state index contributed by atoms with van der Waals surface area (Å²) in [6, 6.07) is 8.78. The third kappa shape index (κ3) is 2.29. The fraction of sp³-hybridized carbons (Fsp3) is 0.632. The number of nitrogens with zero attached hydrogens (tertiary/aromatic N) is 1. The summed E-state index contributed by atoms with van der Waals surface area (Å²) in [5.74, 6) is 1.08. The smallest absolute Gasteiger partial charge is 0.226 e. The molecular formula is C19H25NO2S. The van der Waals surface area contributed by atoms with E-state index in [-0.39, 0.29) is 22.6 Å². The van der Waals surface area contributed by atoms with E-state index >= 15 is 0 Å². The molecular weight excluding hydrogens is 306 g/mol. The lowest BCUT2D eigenvalue weighted by Gasteiger charge is -2.38. The normalized spacial score (nSPS) is 39.1. The predicted octanol–water partition coefficient (Wildman–Crippen LogP) is 2.65. The molecule has 1 heterocycles. The van der Waals surface area contributed by atoms with Gasteiger partial charge >= 0.3 is 0 Å². The number of fused-ring (bicyclic) bond motifs is 2. The van der Waals surface area contributed by atoms with Crippen LogP contribution < -0.4 is 0 Å². The minimum atomic E-state index is -0.788. The van der Waals surface area contributed by atoms with Gasteiger partial charge in [-0.3, -0.25) is 9.00 Å². The van der Waals surface area contributed by atoms with Crippen molar-refractivity contribution >= 4 is 16.7 Å². The first-order chi connectivity index (χ1) is 11.0. The van der Waals surface area contributed by atoms with Crippen molar-refractivity contribution in [3.8, 4) is 0 Å². The van der Waals surface area contributed by atoms with Crippen LogP contribution in [0.3, 0.4) is 0 Å². The van der Waals surface area contributed by atoms with Crippen LogP contribution in [0.4, 0.5) is 0 Å². The standard InChI is InChI=1S/C19H25NO2S/c1-13-14(2)23(22)11-10-20(13)18(21)17-12-19(17)9-5-7-15-6-3-4-8-16(15)19/h3-4,6,8,13-14,17H,5,7,9-12H2,1-2H3/t13-,14+,17+,19-,23+/m1/s1. The summed E-state index contributed by atoms with van der Waals surface area (Å²) in [5, 5.41) is 0.0843. The first-order valence-electron chi connectivity index (χ1n) is 8.80. The molecule has 124 valence electrons. The van der Waals surface area contributed by atoms with Crippen LogP contribution in [0.1, 0.15) is 44.2 Å². The Morgan fingerprint density at radius 2 is 2.09 bits per heavy atom. The number of benzene rings is 1. The zero-order valence-corrected chi connectivity index (χ0v) is 14.8. The Morgan fingerprint density at radius 1 is 1.30 bits per heavy atom. The highest BCUT2D eigenvalue weighted by molar-refractivity contribution is 7.85. The van der Waals surface area contributed by atoms with Gasteiger partial charge in [0.15, 0.2) is 0 Å². The van der Waals surface area contributed by atoms with Crippen LogP contribution in [0, 0.1) is 5.92 Å². The molecule has 0 bridgehead atoms. The number of carbonyl (C=O) groups excluding carboxylic acids is 1. The van der Waals surface area contributed by atoms with Crippen LogP contribution in [0.5, 0.6) is 0 Å². The maximum absolute atomic E-state index is 13.1. The molecule has 3 aliphatic rings. The van der Waals surface area contributed by atoms with Crippen molar-refractivity contribution in [2.75, 3.05) is 12.3 Å². The van der Waals surface area contributed by atoms with Gasteiger partial charge in [0.1, 0.15) is 0 Å². The van der Waals surface area contributed by atoms with Crippen molar-refractivity contribution in [3.05, 3.63) is 35.4 Å². The van der Waals surface area contributed by atoms with Crippen molar-refractivity contribution in [2.24, 2.45) is 5.92 Å². The maximum atomic E-state index is 13.1. The number of rotatable bonds is 1. The zero-order valence-electron chi connectivity index (χ0n) is 14.0. The molecule has 1 aromatic carbocycles. The summed E-state index contributed by atoms with van der Waals surface area (Å²) in [4.78, 5) is 15.1. The average molecular weight is 331 g/mol. The number of hydrogen-bond donors (Lipinski definition) is 0. The van der Waals surface area contributed by atoms with Crippen LogP contribution in [-0.2, 0) is 27.4 Å². The summed E-state index contributed by atoms with van der Waals surface area (Å²) < 4.78 is 12.0. The van der Waals surface area contributed by atoms with Gasteiger partial charge in [0.05, 0.1) is 5.25 Å². The second-order valence-electron chi connectivity index (χ2n) is 7.49. The fourth-order valence-electron chi connectivity index (χ4n) is 4.72. The SMILES string of the molecule is C[C@@H]1[C@H](C)[S@@](=O)CCN1C(=O)[C@@H]1C[C@@]12CCCc1ccccc12. The van der Waals surface area contributed by atoms with Crippen LogP contribution in [-0.4, -0.2) is 38.6 Å². The molecule has 0 unspecified atom stereocenters. The third-order valence-electron chi connectivity index (χ3n) is 6.40. The largest absolute Gasteiger partial charge is 0.338 e. The molecule has 1 saturated heterocycles. The number of carbonyl (C=O) groups is 1. The van der Waals surface area contributed by atoms with Crippen molar-refractivity contribution in [3.63, 3.8) is 0 Å². The third-order valence-corrected chi connectivity index (χ3v) is 8.21. The van der Waals surface area contributed by atoms with Gasteiger partial charge in [0.2, 0.25) is 5.91 Å². The van der Waals surface area contributed by atoms with E-state index in [9.17, 15) is 9.00 Å². The lowest BCUT2D eigenvalue weighted by Crippen LogP contribution is -2.53. The molecule has 0 aromatic heterocycles. The van der Waals surface area contributed by atoms with Crippen LogP contribution in [0.2, 0.25) is 0 Å². The van der Waals surface area contributed by atoms with E-state index in [1.165, 1.54) is 17.5 Å². The quantitative estimate of drug-likeness (QED) is 0.793. The molecule has 2 fully saturated rings. The van der Waals surface area contributed by atoms with Crippen molar-refractivity contribution in [1.82, 2.24) is 4.90 Å². The van der Waals surface area contributed by atoms with Gasteiger partial charge in [0.25, 0.3) is 0 Å². The minimum absolute atomic E-state index is 0.0843. The van der Waals surface area contributed by atoms with Crippen molar-refractivity contribution < 1.29 is 9.00 Å². The van der Waals surface area contributed by atoms with Gasteiger partial charge in [-0.2, -0.15) is 0 Å². The molecule has 3 nitrogen and oxygen atoms in total. The highest BCUT2D eigenvalue weighted by Gasteiger charge is 2.61. The topological polar surface area (TPSA) is 37.4 Å². The van der Waals surface area contributed by atoms with Gasteiger partial charge in [-0.25, -0.2) is 0 Å². The Kier molecular flexibility index (Phi) is 3.63. The van der Waals surface area contributed by atoms with E-state index in [0.717, 1.165) is 19.3 Å². The number of aryl methyl sites for hydroxylation is 1. The lowest BCUT2D eigenvalue weighted by atomic mass is 9.78. The van der Waals surface area contributed by atoms with E-state index in [1.54, 1.807) is 0 Å². The molecule has 4 heteroatoms. The molecule has 5 atom stereocenters. The molecule has 1 saturated carbocycles. The highest BCUT2D eigenvalue weighted by Crippen LogP contribution is 2.61. The number of hydrogen-bond acceptors (Lipinski definition) is 2. The summed E-state index contributed by atoms with van der Waals surface area (Å²) in [5.41, 5.74) is 2.96. The molecule has 1 aromatic rings. The van der Waals surface area contributed by atoms with Crippen LogP contribution in [0.15, 0.2) is 24.3 Å². The minimum Gasteiger partial charge on any atom is -0.338 e. The molecule has 1 amide bonds. The Morgan fingerprint density at radius 3 is 2.91 bits per heavy atom. The summed E-state index contributed by atoms with van der Waals surface area (Å²) in [7, 11) is -0.788. The second kappa shape index (κ2) is 5.44. The Hall–Kier alpha value is -1.16. The highest BCUT2D eigenvalue weighted by atomic mass is 32.2. The molecule has 23 heavy (non-hydrogen) atoms. The van der Waals surface area contributed by atoms with E-state index < -0.39 is 10.8 Å². The average Bonchev–Trinajstić information content (AvgIpc) is 3.27. The summed E-state index contributed by atoms with van der Waals surface area (Å²) in [6.45, 7) is 4.73. The Bertz CT molecular complexity index is 673. The van der Waals surface area contributed by atoms with Crippen molar-refractivity contribution in [1.29, 1.82) is 0 Å². The predicted molar refractivity (Wildman–Crippen MR) is 92.8 cm³/mol. The lowest BCUT2D eigenvalue weighted by molar-refractivity contribution is -0.135. The molecule has 0 N–H and O–H groups in total. The van der Waals surface area contributed by atoms with Gasteiger partial charge in [-0.15, -0.1) is 0 Å². The monoisotopic (exact) mass is 331 g/mol. The Balaban J connectivity index is 1.58. The second-order valence-corrected chi connectivity index (χ2v) is 9.40. The van der Waals surface area contributed by atoms with Gasteiger partial charge in [-0.05, 0) is 50.7 Å². The molecule has 1 spiro atoms. The first kappa shape index (κ1) is 15.4. The van der Waals surface area contributed by atoms with E-state index in [1.807, 2.05) is 11.8 Å². The first-order valence-corrected chi connectivity index (χ1v) is 10.2. The van der Waals surface area contributed by atoms with E-state index in [0.29, 0.717) is 18.2 Å². The van der Waals surface area contributed by atoms with Gasteiger partial charge in [-0.1, -0.05) is 24.3 Å². The molecule has 0 radical (unpaired) electrons. The maximum Gasteiger partial charge on any atom is 0.226 e. The summed E-state index contributed by atoms with van der Waals surface area (Å²) >= 11 is 0. The van der Waals surface area contributed by atoms with Gasteiger partial charge in [0, 0.05) is 40.5 Å². The summed E-state index contributed by atoms with van der Waals surface area (Å²) in [6.07, 6.45) is 4.49. The van der Waals surface area contributed by atoms with Crippen LogP contribution in [0.25, 0.3) is 0 Å². The van der Waals surface area contributed by atoms with Gasteiger partial charge < -0.3 is 4.90 Å².